The topological polar surface area (TPSA) is 26.8 Å². The summed E-state index contributed by atoms with van der Waals surface area (Å²) in [5.74, 6) is 2.05. The van der Waals surface area contributed by atoms with Gasteiger partial charge in [0.15, 0.2) is 0 Å². The van der Waals surface area contributed by atoms with E-state index in [1.807, 2.05) is 4.90 Å². The van der Waals surface area contributed by atoms with Crippen LogP contribution in [0, 0.1) is 11.8 Å². The zero-order chi connectivity index (χ0) is 12.7. The minimum absolute atomic E-state index is 0.244. The lowest BCUT2D eigenvalue weighted by atomic mass is 10.0. The van der Waals surface area contributed by atoms with Crippen molar-refractivity contribution in [1.82, 2.24) is 14.7 Å². The van der Waals surface area contributed by atoms with Gasteiger partial charge in [0.2, 0.25) is 5.91 Å². The normalized spacial score (nSPS) is 35.1. The zero-order valence-corrected chi connectivity index (χ0v) is 11.6. The van der Waals surface area contributed by atoms with E-state index in [9.17, 15) is 4.79 Å². The van der Waals surface area contributed by atoms with Crippen molar-refractivity contribution in [3.63, 3.8) is 0 Å². The molecule has 3 aliphatic heterocycles. The molecule has 1 amide bonds. The third-order valence-corrected chi connectivity index (χ3v) is 5.12. The first-order chi connectivity index (χ1) is 8.63. The second-order valence-electron chi connectivity index (χ2n) is 6.43. The molecule has 0 saturated carbocycles. The number of likely N-dealkylation sites (tertiary alicyclic amines) is 3. The Kier molecular flexibility index (Phi) is 3.32. The van der Waals surface area contributed by atoms with E-state index in [4.69, 9.17) is 0 Å². The number of hydrogen-bond acceptors (Lipinski definition) is 3. The molecule has 3 saturated heterocycles. The van der Waals surface area contributed by atoms with E-state index in [1.165, 1.54) is 39.0 Å². The SMILES string of the molecule is CC(=O)N1CCC(N2CC3CN(C)CC3C2)CC1. The van der Waals surface area contributed by atoms with E-state index < -0.39 is 0 Å². The van der Waals surface area contributed by atoms with Gasteiger partial charge in [0.1, 0.15) is 0 Å². The number of hydrogen-bond donors (Lipinski definition) is 0. The molecule has 0 aromatic carbocycles. The Morgan fingerprint density at radius 1 is 1.00 bits per heavy atom. The molecule has 4 nitrogen and oxygen atoms in total. The molecule has 0 aromatic heterocycles. The summed E-state index contributed by atoms with van der Waals surface area (Å²) in [7, 11) is 2.24. The number of carbonyl (C=O) groups excluding carboxylic acids is 1. The number of nitrogens with zero attached hydrogens (tertiary/aromatic N) is 3. The van der Waals surface area contributed by atoms with Gasteiger partial charge < -0.3 is 9.80 Å². The summed E-state index contributed by atoms with van der Waals surface area (Å²) in [6.07, 6.45) is 2.35. The van der Waals surface area contributed by atoms with Gasteiger partial charge in [0.25, 0.3) is 0 Å². The van der Waals surface area contributed by atoms with Crippen LogP contribution in [-0.2, 0) is 4.79 Å². The summed E-state index contributed by atoms with van der Waals surface area (Å²) in [5.41, 5.74) is 0. The van der Waals surface area contributed by atoms with Crippen molar-refractivity contribution in [1.29, 1.82) is 0 Å². The fourth-order valence-corrected chi connectivity index (χ4v) is 4.11. The number of rotatable bonds is 1. The van der Waals surface area contributed by atoms with Crippen LogP contribution in [-0.4, -0.2) is 73.0 Å². The number of piperidine rings is 1. The Bertz CT molecular complexity index is 311. The number of amides is 1. The number of fused-ring (bicyclic) bond motifs is 1. The monoisotopic (exact) mass is 251 g/mol. The van der Waals surface area contributed by atoms with E-state index in [0.29, 0.717) is 0 Å². The maximum atomic E-state index is 11.3. The second kappa shape index (κ2) is 4.82. The standard InChI is InChI=1S/C14H25N3O/c1-11(18)16-5-3-14(4-6-16)17-9-12-7-15(2)8-13(12)10-17/h12-14H,3-10H2,1-2H3. The van der Waals surface area contributed by atoms with Gasteiger partial charge in [-0.2, -0.15) is 0 Å². The highest BCUT2D eigenvalue weighted by Gasteiger charge is 2.41. The van der Waals surface area contributed by atoms with Crippen LogP contribution in [0.5, 0.6) is 0 Å². The van der Waals surface area contributed by atoms with Crippen LogP contribution in [0.4, 0.5) is 0 Å². The zero-order valence-electron chi connectivity index (χ0n) is 11.6. The molecule has 0 bridgehead atoms. The highest BCUT2D eigenvalue weighted by atomic mass is 16.2. The summed E-state index contributed by atoms with van der Waals surface area (Å²) >= 11 is 0. The molecule has 4 heteroatoms. The predicted molar refractivity (Wildman–Crippen MR) is 71.3 cm³/mol. The van der Waals surface area contributed by atoms with Crippen molar-refractivity contribution < 1.29 is 4.79 Å². The fourth-order valence-electron chi connectivity index (χ4n) is 4.11. The molecule has 102 valence electrons. The van der Waals surface area contributed by atoms with E-state index in [-0.39, 0.29) is 5.91 Å². The molecule has 3 rings (SSSR count). The van der Waals surface area contributed by atoms with Gasteiger partial charge in [-0.25, -0.2) is 0 Å². The quantitative estimate of drug-likeness (QED) is 0.679. The average molecular weight is 251 g/mol. The van der Waals surface area contributed by atoms with Crippen molar-refractivity contribution >= 4 is 5.91 Å². The highest BCUT2D eigenvalue weighted by molar-refractivity contribution is 5.73. The van der Waals surface area contributed by atoms with Gasteiger partial charge in [-0.1, -0.05) is 0 Å². The van der Waals surface area contributed by atoms with Crippen LogP contribution < -0.4 is 0 Å². The van der Waals surface area contributed by atoms with Crippen molar-refractivity contribution in [3.05, 3.63) is 0 Å². The van der Waals surface area contributed by atoms with Crippen LogP contribution in [0.2, 0.25) is 0 Å². The summed E-state index contributed by atoms with van der Waals surface area (Å²) in [4.78, 5) is 18.5. The highest BCUT2D eigenvalue weighted by Crippen LogP contribution is 2.33. The lowest BCUT2D eigenvalue weighted by Gasteiger charge is -2.37. The summed E-state index contributed by atoms with van der Waals surface area (Å²) in [6, 6.07) is 0.733. The largest absolute Gasteiger partial charge is 0.343 e. The first-order valence-corrected chi connectivity index (χ1v) is 7.31. The van der Waals surface area contributed by atoms with Crippen LogP contribution >= 0.6 is 0 Å². The molecular formula is C14H25N3O. The smallest absolute Gasteiger partial charge is 0.219 e. The van der Waals surface area contributed by atoms with Crippen LogP contribution in [0.1, 0.15) is 19.8 Å². The lowest BCUT2D eigenvalue weighted by Crippen LogP contribution is -2.46. The minimum Gasteiger partial charge on any atom is -0.343 e. The fraction of sp³-hybridized carbons (Fsp3) is 0.929. The number of carbonyl (C=O) groups is 1. The first kappa shape index (κ1) is 12.4. The van der Waals surface area contributed by atoms with Crippen molar-refractivity contribution in [2.45, 2.75) is 25.8 Å². The molecular weight excluding hydrogens is 226 g/mol. The van der Waals surface area contributed by atoms with Crippen molar-refractivity contribution in [3.8, 4) is 0 Å². The van der Waals surface area contributed by atoms with Gasteiger partial charge in [0, 0.05) is 52.2 Å². The molecule has 0 N–H and O–H groups in total. The van der Waals surface area contributed by atoms with Gasteiger partial charge >= 0.3 is 0 Å². The molecule has 2 atom stereocenters. The van der Waals surface area contributed by atoms with Gasteiger partial charge in [-0.3, -0.25) is 9.69 Å². The van der Waals surface area contributed by atoms with E-state index in [1.54, 1.807) is 6.92 Å². The van der Waals surface area contributed by atoms with Crippen LogP contribution in [0.15, 0.2) is 0 Å². The molecule has 0 spiro atoms. The second-order valence-corrected chi connectivity index (χ2v) is 6.43. The summed E-state index contributed by atoms with van der Waals surface area (Å²) in [6.45, 7) is 8.77. The van der Waals surface area contributed by atoms with E-state index in [2.05, 4.69) is 16.8 Å². The van der Waals surface area contributed by atoms with Crippen LogP contribution in [0.3, 0.4) is 0 Å². The van der Waals surface area contributed by atoms with Crippen molar-refractivity contribution in [2.75, 3.05) is 46.3 Å². The predicted octanol–water partition coefficient (Wildman–Crippen LogP) is 0.491. The maximum Gasteiger partial charge on any atom is 0.219 e. The van der Waals surface area contributed by atoms with E-state index in [0.717, 1.165) is 31.0 Å². The summed E-state index contributed by atoms with van der Waals surface area (Å²) < 4.78 is 0. The molecule has 18 heavy (non-hydrogen) atoms. The molecule has 3 heterocycles. The lowest BCUT2D eigenvalue weighted by molar-refractivity contribution is -0.130. The molecule has 3 aliphatic rings. The molecule has 0 aliphatic carbocycles. The van der Waals surface area contributed by atoms with Gasteiger partial charge in [-0.05, 0) is 31.7 Å². The van der Waals surface area contributed by atoms with Crippen LogP contribution in [0.25, 0.3) is 0 Å². The Morgan fingerprint density at radius 3 is 2.06 bits per heavy atom. The third-order valence-electron chi connectivity index (χ3n) is 5.12. The Morgan fingerprint density at radius 2 is 1.56 bits per heavy atom. The molecule has 2 unspecified atom stereocenters. The molecule has 0 aromatic rings. The Balaban J connectivity index is 1.51. The maximum absolute atomic E-state index is 11.3. The molecule has 3 fully saturated rings. The van der Waals surface area contributed by atoms with Crippen molar-refractivity contribution in [2.24, 2.45) is 11.8 Å². The Labute approximate surface area is 110 Å². The first-order valence-electron chi connectivity index (χ1n) is 7.31. The Hall–Kier alpha value is -0.610. The summed E-state index contributed by atoms with van der Waals surface area (Å²) in [5, 5.41) is 0. The third kappa shape index (κ3) is 2.28. The minimum atomic E-state index is 0.244. The van der Waals surface area contributed by atoms with E-state index >= 15 is 0 Å². The average Bonchev–Trinajstić information content (AvgIpc) is 2.86. The van der Waals surface area contributed by atoms with Gasteiger partial charge in [0.05, 0.1) is 0 Å². The molecule has 0 radical (unpaired) electrons. The van der Waals surface area contributed by atoms with Gasteiger partial charge in [-0.15, -0.1) is 0 Å².